The number of piperidine rings is 1. The average Bonchev–Trinajstić information content (AvgIpc) is 2.58. The molecule has 0 aliphatic carbocycles. The molecule has 0 atom stereocenters. The van der Waals surface area contributed by atoms with Gasteiger partial charge in [0.25, 0.3) is 5.91 Å². The van der Waals surface area contributed by atoms with Gasteiger partial charge in [0.05, 0.1) is 11.9 Å². The lowest BCUT2D eigenvalue weighted by Gasteiger charge is -2.30. The minimum Gasteiger partial charge on any atom is -0.354 e. The second kappa shape index (κ2) is 7.04. The summed E-state index contributed by atoms with van der Waals surface area (Å²) in [5, 5.41) is 3.36. The number of likely N-dealkylation sites (tertiary alicyclic amines) is 1. The van der Waals surface area contributed by atoms with Crippen LogP contribution in [0.5, 0.6) is 0 Å². The van der Waals surface area contributed by atoms with Crippen molar-refractivity contribution in [1.82, 2.24) is 9.88 Å². The van der Waals surface area contributed by atoms with E-state index in [9.17, 15) is 4.79 Å². The Morgan fingerprint density at radius 1 is 1.17 bits per heavy atom. The molecule has 1 aliphatic heterocycles. The molecular weight excluding hydrogens is 298 g/mol. The fourth-order valence-corrected chi connectivity index (χ4v) is 3.08. The van der Waals surface area contributed by atoms with Crippen molar-refractivity contribution in [3.63, 3.8) is 0 Å². The van der Waals surface area contributed by atoms with E-state index in [2.05, 4.69) is 49.3 Å². The lowest BCUT2D eigenvalue weighted by Crippen LogP contribution is -2.38. The predicted octanol–water partition coefficient (Wildman–Crippen LogP) is 4.31. The van der Waals surface area contributed by atoms with Gasteiger partial charge in [-0.1, -0.05) is 24.6 Å². The van der Waals surface area contributed by atoms with E-state index in [1.807, 2.05) is 17.0 Å². The molecule has 2 heterocycles. The minimum absolute atomic E-state index is 0.0416. The maximum Gasteiger partial charge on any atom is 0.272 e. The molecule has 1 aromatic heterocycles. The highest BCUT2D eigenvalue weighted by Gasteiger charge is 2.22. The minimum atomic E-state index is 0.0416. The molecule has 4 nitrogen and oxygen atoms in total. The first-order chi connectivity index (χ1) is 11.5. The summed E-state index contributed by atoms with van der Waals surface area (Å²) >= 11 is 0. The van der Waals surface area contributed by atoms with E-state index in [-0.39, 0.29) is 5.91 Å². The maximum atomic E-state index is 12.5. The quantitative estimate of drug-likeness (QED) is 0.915. The van der Waals surface area contributed by atoms with Gasteiger partial charge in [-0.25, -0.2) is 4.98 Å². The second-order valence-electron chi connectivity index (χ2n) is 6.85. The SMILES string of the molecule is Cc1ccc(Nc2ccc(C(=O)N3CCC(C)CC3)nc2)c(C)c1. The Hall–Kier alpha value is -2.36. The van der Waals surface area contributed by atoms with Crippen LogP contribution in [-0.4, -0.2) is 28.9 Å². The van der Waals surface area contributed by atoms with Crippen LogP contribution in [0.25, 0.3) is 0 Å². The van der Waals surface area contributed by atoms with Crippen LogP contribution in [0.1, 0.15) is 41.4 Å². The number of aromatic nitrogens is 1. The Labute approximate surface area is 143 Å². The number of pyridine rings is 1. The Kier molecular flexibility index (Phi) is 4.84. The molecular formula is C20H25N3O. The zero-order chi connectivity index (χ0) is 17.1. The Morgan fingerprint density at radius 2 is 1.92 bits per heavy atom. The number of hydrogen-bond donors (Lipinski definition) is 1. The van der Waals surface area contributed by atoms with Crippen LogP contribution in [-0.2, 0) is 0 Å². The van der Waals surface area contributed by atoms with Crippen molar-refractivity contribution in [3.8, 4) is 0 Å². The van der Waals surface area contributed by atoms with E-state index in [4.69, 9.17) is 0 Å². The molecule has 4 heteroatoms. The first-order valence-electron chi connectivity index (χ1n) is 8.62. The summed E-state index contributed by atoms with van der Waals surface area (Å²) in [7, 11) is 0. The van der Waals surface area contributed by atoms with Gasteiger partial charge < -0.3 is 10.2 Å². The highest BCUT2D eigenvalue weighted by molar-refractivity contribution is 5.92. The lowest BCUT2D eigenvalue weighted by atomic mass is 9.99. The number of aryl methyl sites for hydroxylation is 2. The second-order valence-corrected chi connectivity index (χ2v) is 6.85. The lowest BCUT2D eigenvalue weighted by molar-refractivity contribution is 0.0691. The maximum absolute atomic E-state index is 12.5. The number of carbonyl (C=O) groups is 1. The molecule has 0 spiro atoms. The highest BCUT2D eigenvalue weighted by Crippen LogP contribution is 2.22. The van der Waals surface area contributed by atoms with E-state index < -0.39 is 0 Å². The molecule has 1 saturated heterocycles. The smallest absolute Gasteiger partial charge is 0.272 e. The molecule has 1 aromatic carbocycles. The molecule has 0 radical (unpaired) electrons. The van der Waals surface area contributed by atoms with Crippen molar-refractivity contribution in [1.29, 1.82) is 0 Å². The summed E-state index contributed by atoms with van der Waals surface area (Å²) in [5.41, 5.74) is 4.92. The van der Waals surface area contributed by atoms with Gasteiger partial charge in [-0.05, 0) is 56.4 Å². The van der Waals surface area contributed by atoms with Gasteiger partial charge in [0, 0.05) is 18.8 Å². The number of hydrogen-bond acceptors (Lipinski definition) is 3. The summed E-state index contributed by atoms with van der Waals surface area (Å²) < 4.78 is 0. The summed E-state index contributed by atoms with van der Waals surface area (Å²) in [6.07, 6.45) is 3.90. The zero-order valence-electron chi connectivity index (χ0n) is 14.7. The van der Waals surface area contributed by atoms with Crippen molar-refractivity contribution >= 4 is 17.3 Å². The summed E-state index contributed by atoms with van der Waals surface area (Å²) in [6.45, 7) is 8.08. The predicted molar refractivity (Wildman–Crippen MR) is 97.7 cm³/mol. The van der Waals surface area contributed by atoms with Crippen molar-refractivity contribution in [3.05, 3.63) is 53.3 Å². The van der Waals surface area contributed by atoms with E-state index in [1.54, 1.807) is 6.20 Å². The van der Waals surface area contributed by atoms with Crippen molar-refractivity contribution < 1.29 is 4.79 Å². The third-order valence-corrected chi connectivity index (χ3v) is 4.71. The fraction of sp³-hybridized carbons (Fsp3) is 0.400. The van der Waals surface area contributed by atoms with Gasteiger partial charge in [-0.2, -0.15) is 0 Å². The third-order valence-electron chi connectivity index (χ3n) is 4.71. The summed E-state index contributed by atoms with van der Waals surface area (Å²) in [4.78, 5) is 18.8. The number of nitrogens with zero attached hydrogens (tertiary/aromatic N) is 2. The summed E-state index contributed by atoms with van der Waals surface area (Å²) in [6, 6.07) is 10.0. The number of rotatable bonds is 3. The largest absolute Gasteiger partial charge is 0.354 e. The van der Waals surface area contributed by atoms with Gasteiger partial charge in [0.15, 0.2) is 0 Å². The van der Waals surface area contributed by atoms with Gasteiger partial charge in [0.2, 0.25) is 0 Å². The number of carbonyl (C=O) groups excluding carboxylic acids is 1. The van der Waals surface area contributed by atoms with Crippen LogP contribution in [0, 0.1) is 19.8 Å². The molecule has 24 heavy (non-hydrogen) atoms. The van der Waals surface area contributed by atoms with Crippen molar-refractivity contribution in [2.45, 2.75) is 33.6 Å². The number of nitrogens with one attached hydrogen (secondary N) is 1. The van der Waals surface area contributed by atoms with Crippen LogP contribution in [0.15, 0.2) is 36.5 Å². The molecule has 0 saturated carbocycles. The molecule has 3 rings (SSSR count). The van der Waals surface area contributed by atoms with E-state index >= 15 is 0 Å². The third kappa shape index (κ3) is 3.75. The molecule has 1 amide bonds. The number of benzene rings is 1. The number of anilines is 2. The van der Waals surface area contributed by atoms with Gasteiger partial charge >= 0.3 is 0 Å². The Balaban J connectivity index is 1.68. The van der Waals surface area contributed by atoms with Crippen LogP contribution in [0.2, 0.25) is 0 Å². The van der Waals surface area contributed by atoms with E-state index in [1.165, 1.54) is 11.1 Å². The average molecular weight is 323 g/mol. The van der Waals surface area contributed by atoms with Gasteiger partial charge in [-0.3, -0.25) is 4.79 Å². The van der Waals surface area contributed by atoms with Crippen molar-refractivity contribution in [2.75, 3.05) is 18.4 Å². The first kappa shape index (κ1) is 16.5. The molecule has 1 aliphatic rings. The van der Waals surface area contributed by atoms with Crippen LogP contribution < -0.4 is 5.32 Å². The van der Waals surface area contributed by atoms with Gasteiger partial charge in [-0.15, -0.1) is 0 Å². The topological polar surface area (TPSA) is 45.2 Å². The summed E-state index contributed by atoms with van der Waals surface area (Å²) in [5.74, 6) is 0.756. The molecule has 0 bridgehead atoms. The normalized spacial score (nSPS) is 15.4. The fourth-order valence-electron chi connectivity index (χ4n) is 3.08. The molecule has 1 fully saturated rings. The molecule has 126 valence electrons. The van der Waals surface area contributed by atoms with Crippen molar-refractivity contribution in [2.24, 2.45) is 5.92 Å². The molecule has 2 aromatic rings. The standard InChI is InChI=1S/C20H25N3O/c1-14-8-10-23(11-9-14)20(24)19-7-5-17(13-21-19)22-18-6-4-15(2)12-16(18)3/h4-7,12-14,22H,8-11H2,1-3H3. The van der Waals surface area contributed by atoms with Gasteiger partial charge in [0.1, 0.15) is 5.69 Å². The van der Waals surface area contributed by atoms with E-state index in [0.717, 1.165) is 37.3 Å². The first-order valence-corrected chi connectivity index (χ1v) is 8.62. The Morgan fingerprint density at radius 3 is 2.54 bits per heavy atom. The van der Waals surface area contributed by atoms with Crippen LogP contribution >= 0.6 is 0 Å². The van der Waals surface area contributed by atoms with Crippen LogP contribution in [0.3, 0.4) is 0 Å². The highest BCUT2D eigenvalue weighted by atomic mass is 16.2. The van der Waals surface area contributed by atoms with E-state index in [0.29, 0.717) is 11.6 Å². The zero-order valence-corrected chi connectivity index (χ0v) is 14.7. The number of amides is 1. The monoisotopic (exact) mass is 323 g/mol. The molecule has 1 N–H and O–H groups in total. The Bertz CT molecular complexity index is 716. The van der Waals surface area contributed by atoms with Crippen LogP contribution in [0.4, 0.5) is 11.4 Å². The molecule has 0 unspecified atom stereocenters.